The zero-order chi connectivity index (χ0) is 13.7. The molecule has 2 heterocycles. The Kier molecular flexibility index (Phi) is 5.20. The normalized spacial score (nSPS) is 19.7. The van der Waals surface area contributed by atoms with Crippen LogP contribution in [0.2, 0.25) is 0 Å². The number of rotatable bonds is 5. The summed E-state index contributed by atoms with van der Waals surface area (Å²) in [7, 11) is 0. The standard InChI is InChI=1S/C16H27N3/c1-4-10-17-12-15-8-9-16(18-14(15)3)19-11-6-5-7-13(19)2/h8-9,13,17H,4-7,10-12H2,1-3H3. The summed E-state index contributed by atoms with van der Waals surface area (Å²) in [5.74, 6) is 1.16. The SMILES string of the molecule is CCCNCc1ccc(N2CCCCC2C)nc1C. The highest BCUT2D eigenvalue weighted by Gasteiger charge is 2.19. The van der Waals surface area contributed by atoms with Crippen molar-refractivity contribution < 1.29 is 0 Å². The zero-order valence-corrected chi connectivity index (χ0v) is 12.6. The van der Waals surface area contributed by atoms with Crippen LogP contribution < -0.4 is 10.2 Å². The van der Waals surface area contributed by atoms with Crippen molar-refractivity contribution in [3.63, 3.8) is 0 Å². The Morgan fingerprint density at radius 2 is 2.21 bits per heavy atom. The average Bonchev–Trinajstić information content (AvgIpc) is 2.41. The summed E-state index contributed by atoms with van der Waals surface area (Å²) < 4.78 is 0. The first-order chi connectivity index (χ1) is 9.22. The quantitative estimate of drug-likeness (QED) is 0.825. The Labute approximate surface area is 117 Å². The number of aryl methyl sites for hydroxylation is 1. The van der Waals surface area contributed by atoms with Gasteiger partial charge < -0.3 is 10.2 Å². The first kappa shape index (κ1) is 14.3. The fourth-order valence-electron chi connectivity index (χ4n) is 2.76. The topological polar surface area (TPSA) is 28.2 Å². The van der Waals surface area contributed by atoms with Gasteiger partial charge in [0.25, 0.3) is 0 Å². The summed E-state index contributed by atoms with van der Waals surface area (Å²) in [6, 6.07) is 5.06. The van der Waals surface area contributed by atoms with Crippen molar-refractivity contribution in [1.29, 1.82) is 0 Å². The minimum Gasteiger partial charge on any atom is -0.354 e. The van der Waals surface area contributed by atoms with Crippen LogP contribution in [-0.4, -0.2) is 24.1 Å². The number of pyridine rings is 1. The molecule has 1 aromatic rings. The summed E-state index contributed by atoms with van der Waals surface area (Å²) in [5.41, 5.74) is 2.49. The largest absolute Gasteiger partial charge is 0.354 e. The van der Waals surface area contributed by atoms with Gasteiger partial charge in [-0.05, 0) is 57.7 Å². The number of aromatic nitrogens is 1. The molecule has 3 nitrogen and oxygen atoms in total. The van der Waals surface area contributed by atoms with Crippen molar-refractivity contribution >= 4 is 5.82 Å². The number of anilines is 1. The second-order valence-corrected chi connectivity index (χ2v) is 5.63. The van der Waals surface area contributed by atoms with Crippen LogP contribution in [0.25, 0.3) is 0 Å². The van der Waals surface area contributed by atoms with Crippen LogP contribution in [0, 0.1) is 6.92 Å². The number of piperidine rings is 1. The van der Waals surface area contributed by atoms with Crippen molar-refractivity contribution in [2.75, 3.05) is 18.0 Å². The van der Waals surface area contributed by atoms with Crippen molar-refractivity contribution in [3.05, 3.63) is 23.4 Å². The van der Waals surface area contributed by atoms with Gasteiger partial charge in [0, 0.05) is 24.8 Å². The molecule has 1 aliphatic rings. The molecule has 3 heteroatoms. The van der Waals surface area contributed by atoms with Crippen molar-refractivity contribution in [2.24, 2.45) is 0 Å². The third-order valence-corrected chi connectivity index (χ3v) is 4.02. The van der Waals surface area contributed by atoms with E-state index in [1.807, 2.05) is 0 Å². The van der Waals surface area contributed by atoms with Crippen LogP contribution in [0.4, 0.5) is 5.82 Å². The fourth-order valence-corrected chi connectivity index (χ4v) is 2.76. The molecule has 0 spiro atoms. The molecular weight excluding hydrogens is 234 g/mol. The van der Waals surface area contributed by atoms with Crippen LogP contribution in [-0.2, 0) is 6.54 Å². The van der Waals surface area contributed by atoms with Gasteiger partial charge in [0.05, 0.1) is 0 Å². The molecule has 0 radical (unpaired) electrons. The molecule has 106 valence electrons. The molecule has 1 N–H and O–H groups in total. The zero-order valence-electron chi connectivity index (χ0n) is 12.6. The minimum atomic E-state index is 0.629. The maximum absolute atomic E-state index is 4.81. The molecule has 0 aromatic carbocycles. The van der Waals surface area contributed by atoms with E-state index >= 15 is 0 Å². The summed E-state index contributed by atoms with van der Waals surface area (Å²) >= 11 is 0. The Morgan fingerprint density at radius 1 is 1.37 bits per heavy atom. The number of hydrogen-bond donors (Lipinski definition) is 1. The van der Waals surface area contributed by atoms with E-state index in [9.17, 15) is 0 Å². The molecule has 0 bridgehead atoms. The summed E-state index contributed by atoms with van der Waals surface area (Å²) in [4.78, 5) is 7.27. The predicted octanol–water partition coefficient (Wildman–Crippen LogP) is 3.27. The molecule has 0 saturated carbocycles. The first-order valence-electron chi connectivity index (χ1n) is 7.66. The molecular formula is C16H27N3. The van der Waals surface area contributed by atoms with E-state index < -0.39 is 0 Å². The molecule has 1 atom stereocenters. The molecule has 1 aromatic heterocycles. The van der Waals surface area contributed by atoms with Gasteiger partial charge >= 0.3 is 0 Å². The minimum absolute atomic E-state index is 0.629. The van der Waals surface area contributed by atoms with Gasteiger partial charge in [-0.3, -0.25) is 0 Å². The highest BCUT2D eigenvalue weighted by molar-refractivity contribution is 5.43. The number of nitrogens with one attached hydrogen (secondary N) is 1. The second-order valence-electron chi connectivity index (χ2n) is 5.63. The second kappa shape index (κ2) is 6.90. The van der Waals surface area contributed by atoms with Crippen molar-refractivity contribution in [1.82, 2.24) is 10.3 Å². The number of hydrogen-bond acceptors (Lipinski definition) is 3. The van der Waals surface area contributed by atoms with Crippen LogP contribution in [0.5, 0.6) is 0 Å². The van der Waals surface area contributed by atoms with E-state index in [2.05, 4.69) is 43.1 Å². The molecule has 0 amide bonds. The van der Waals surface area contributed by atoms with Gasteiger partial charge in [0.15, 0.2) is 0 Å². The maximum Gasteiger partial charge on any atom is 0.129 e. The molecule has 1 fully saturated rings. The van der Waals surface area contributed by atoms with Crippen LogP contribution >= 0.6 is 0 Å². The highest BCUT2D eigenvalue weighted by Crippen LogP contribution is 2.23. The van der Waals surface area contributed by atoms with Gasteiger partial charge in [-0.25, -0.2) is 4.98 Å². The Bertz CT molecular complexity index is 403. The van der Waals surface area contributed by atoms with E-state index in [-0.39, 0.29) is 0 Å². The maximum atomic E-state index is 4.81. The van der Waals surface area contributed by atoms with Gasteiger partial charge in [-0.1, -0.05) is 13.0 Å². The lowest BCUT2D eigenvalue weighted by molar-refractivity contribution is 0.481. The molecule has 1 aliphatic heterocycles. The van der Waals surface area contributed by atoms with Crippen LogP contribution in [0.15, 0.2) is 12.1 Å². The van der Waals surface area contributed by atoms with Crippen LogP contribution in [0.3, 0.4) is 0 Å². The summed E-state index contributed by atoms with van der Waals surface area (Å²) in [6.45, 7) is 9.79. The third-order valence-electron chi connectivity index (χ3n) is 4.02. The average molecular weight is 261 g/mol. The van der Waals surface area contributed by atoms with E-state index in [1.54, 1.807) is 0 Å². The van der Waals surface area contributed by atoms with Gasteiger partial charge in [0.1, 0.15) is 5.82 Å². The van der Waals surface area contributed by atoms with Gasteiger partial charge in [-0.15, -0.1) is 0 Å². The van der Waals surface area contributed by atoms with E-state index in [1.165, 1.54) is 36.9 Å². The third kappa shape index (κ3) is 3.69. The Morgan fingerprint density at radius 3 is 2.89 bits per heavy atom. The number of nitrogens with zero attached hydrogens (tertiary/aromatic N) is 2. The monoisotopic (exact) mass is 261 g/mol. The van der Waals surface area contributed by atoms with E-state index in [4.69, 9.17) is 4.98 Å². The van der Waals surface area contributed by atoms with Crippen LogP contribution in [0.1, 0.15) is 50.8 Å². The highest BCUT2D eigenvalue weighted by atomic mass is 15.2. The molecule has 1 saturated heterocycles. The lowest BCUT2D eigenvalue weighted by Crippen LogP contribution is -2.38. The molecule has 2 rings (SSSR count). The molecule has 19 heavy (non-hydrogen) atoms. The summed E-state index contributed by atoms with van der Waals surface area (Å²) in [6.07, 6.45) is 5.12. The lowest BCUT2D eigenvalue weighted by atomic mass is 10.0. The molecule has 1 unspecified atom stereocenters. The Balaban J connectivity index is 2.05. The predicted molar refractivity (Wildman–Crippen MR) is 81.6 cm³/mol. The van der Waals surface area contributed by atoms with Gasteiger partial charge in [-0.2, -0.15) is 0 Å². The van der Waals surface area contributed by atoms with Crippen molar-refractivity contribution in [3.8, 4) is 0 Å². The first-order valence-corrected chi connectivity index (χ1v) is 7.66. The smallest absolute Gasteiger partial charge is 0.129 e. The lowest BCUT2D eigenvalue weighted by Gasteiger charge is -2.34. The Hall–Kier alpha value is -1.09. The fraction of sp³-hybridized carbons (Fsp3) is 0.688. The van der Waals surface area contributed by atoms with Crippen molar-refractivity contribution in [2.45, 2.75) is 59.0 Å². The molecule has 0 aliphatic carbocycles. The summed E-state index contributed by atoms with van der Waals surface area (Å²) in [5, 5.41) is 3.45. The van der Waals surface area contributed by atoms with Gasteiger partial charge in [0.2, 0.25) is 0 Å². The van der Waals surface area contributed by atoms with E-state index in [0.717, 1.165) is 25.5 Å². The van der Waals surface area contributed by atoms with E-state index in [0.29, 0.717) is 6.04 Å².